The molecule has 0 spiro atoms. The van der Waals surface area contributed by atoms with Crippen LogP contribution in [0.25, 0.3) is 11.1 Å². The van der Waals surface area contributed by atoms with Crippen molar-refractivity contribution in [2.24, 2.45) is 5.92 Å². The first-order valence-corrected chi connectivity index (χ1v) is 10.5. The fourth-order valence-electron chi connectivity index (χ4n) is 5.03. The van der Waals surface area contributed by atoms with Gasteiger partial charge in [-0.1, -0.05) is 97.4 Å². The second-order valence-corrected chi connectivity index (χ2v) is 8.01. The van der Waals surface area contributed by atoms with Gasteiger partial charge in [0.25, 0.3) is 0 Å². The van der Waals surface area contributed by atoms with Crippen LogP contribution in [-0.2, 0) is 12.8 Å². The van der Waals surface area contributed by atoms with Crippen LogP contribution in [0.3, 0.4) is 0 Å². The average molecular weight is 363 g/mol. The predicted molar refractivity (Wildman–Crippen MR) is 119 cm³/mol. The lowest BCUT2D eigenvalue weighted by molar-refractivity contribution is 0.634. The maximum atomic E-state index is 2.48. The molecule has 2 aliphatic carbocycles. The molecule has 0 N–H and O–H groups in total. The Morgan fingerprint density at radius 3 is 2.21 bits per heavy atom. The summed E-state index contributed by atoms with van der Waals surface area (Å²) in [5, 5.41) is 0. The van der Waals surface area contributed by atoms with E-state index >= 15 is 0 Å². The minimum atomic E-state index is 0.590. The summed E-state index contributed by atoms with van der Waals surface area (Å²) in [4.78, 5) is 0. The molecule has 0 fully saturated rings. The van der Waals surface area contributed by atoms with Crippen molar-refractivity contribution in [2.75, 3.05) is 0 Å². The summed E-state index contributed by atoms with van der Waals surface area (Å²) >= 11 is 0. The summed E-state index contributed by atoms with van der Waals surface area (Å²) in [6.07, 6.45) is 6.99. The van der Waals surface area contributed by atoms with Gasteiger partial charge in [0.15, 0.2) is 0 Å². The first kappa shape index (κ1) is 17.3. The van der Waals surface area contributed by atoms with E-state index in [9.17, 15) is 0 Å². The van der Waals surface area contributed by atoms with E-state index in [0.29, 0.717) is 5.92 Å². The Labute approximate surface area is 168 Å². The molecule has 138 valence electrons. The highest BCUT2D eigenvalue weighted by atomic mass is 14.3. The smallest absolute Gasteiger partial charge is 0.00513 e. The maximum absolute atomic E-state index is 2.48. The van der Waals surface area contributed by atoms with Gasteiger partial charge in [0, 0.05) is 0 Å². The van der Waals surface area contributed by atoms with Crippen molar-refractivity contribution in [1.29, 1.82) is 0 Å². The molecule has 3 aromatic rings. The molecule has 5 rings (SSSR count). The van der Waals surface area contributed by atoms with E-state index in [1.807, 2.05) is 0 Å². The van der Waals surface area contributed by atoms with E-state index in [-0.39, 0.29) is 0 Å². The summed E-state index contributed by atoms with van der Waals surface area (Å²) in [5.41, 5.74) is 11.9. The van der Waals surface area contributed by atoms with Crippen molar-refractivity contribution in [3.8, 4) is 0 Å². The molecular weight excluding hydrogens is 336 g/mol. The molecule has 28 heavy (non-hydrogen) atoms. The van der Waals surface area contributed by atoms with Gasteiger partial charge in [-0.25, -0.2) is 0 Å². The molecule has 0 aromatic heterocycles. The van der Waals surface area contributed by atoms with Crippen LogP contribution in [0, 0.1) is 5.92 Å². The van der Waals surface area contributed by atoms with Crippen LogP contribution in [0.5, 0.6) is 0 Å². The summed E-state index contributed by atoms with van der Waals surface area (Å²) < 4.78 is 0. The van der Waals surface area contributed by atoms with Crippen molar-refractivity contribution in [3.05, 3.63) is 118 Å². The minimum absolute atomic E-state index is 0.590. The fraction of sp³-hybridized carbons (Fsp3) is 0.214. The zero-order valence-electron chi connectivity index (χ0n) is 16.5. The summed E-state index contributed by atoms with van der Waals surface area (Å²) in [6, 6.07) is 28.9. The average Bonchev–Trinajstić information content (AvgIpc) is 3.34. The van der Waals surface area contributed by atoms with E-state index in [2.05, 4.69) is 91.9 Å². The van der Waals surface area contributed by atoms with E-state index in [1.54, 1.807) is 11.1 Å². The lowest BCUT2D eigenvalue weighted by Crippen LogP contribution is -2.04. The van der Waals surface area contributed by atoms with Crippen LogP contribution in [0.15, 0.2) is 90.5 Å². The van der Waals surface area contributed by atoms with Gasteiger partial charge in [0.05, 0.1) is 0 Å². The van der Waals surface area contributed by atoms with Crippen molar-refractivity contribution < 1.29 is 0 Å². The highest BCUT2D eigenvalue weighted by Gasteiger charge is 2.27. The van der Waals surface area contributed by atoms with E-state index in [1.165, 1.54) is 39.8 Å². The quantitative estimate of drug-likeness (QED) is 0.454. The van der Waals surface area contributed by atoms with Crippen LogP contribution in [0.2, 0.25) is 0 Å². The van der Waals surface area contributed by atoms with Crippen LogP contribution in [-0.4, -0.2) is 0 Å². The molecule has 0 saturated carbocycles. The van der Waals surface area contributed by atoms with Crippen LogP contribution >= 0.6 is 0 Å². The van der Waals surface area contributed by atoms with E-state index in [4.69, 9.17) is 0 Å². The summed E-state index contributed by atoms with van der Waals surface area (Å²) in [6.45, 7) is 2.34. The third-order valence-electron chi connectivity index (χ3n) is 6.40. The Hall–Kier alpha value is -2.86. The Balaban J connectivity index is 1.54. The number of fused-ring (bicyclic) bond motifs is 2. The first-order valence-electron chi connectivity index (χ1n) is 10.5. The maximum Gasteiger partial charge on any atom is -0.00513 e. The Morgan fingerprint density at radius 2 is 1.43 bits per heavy atom. The van der Waals surface area contributed by atoms with E-state index < -0.39 is 0 Å². The first-order chi connectivity index (χ1) is 13.8. The van der Waals surface area contributed by atoms with Gasteiger partial charge in [0.2, 0.25) is 0 Å². The second-order valence-electron chi connectivity index (χ2n) is 8.01. The van der Waals surface area contributed by atoms with Gasteiger partial charge in [-0.05, 0) is 70.6 Å². The summed E-state index contributed by atoms with van der Waals surface area (Å²) in [7, 11) is 0. The molecular formula is C28H26. The van der Waals surface area contributed by atoms with Crippen molar-refractivity contribution in [3.63, 3.8) is 0 Å². The SMILES string of the molecule is CCC(CC1=C(c2ccccc2)c2ccccc2C1)C1=CCc2ccccc21. The molecule has 0 nitrogen and oxygen atoms in total. The highest BCUT2D eigenvalue weighted by molar-refractivity contribution is 5.87. The molecule has 0 radical (unpaired) electrons. The lowest BCUT2D eigenvalue weighted by atomic mass is 9.84. The lowest BCUT2D eigenvalue weighted by Gasteiger charge is -2.20. The standard InChI is InChI=1S/C28H26/c1-2-20(26-17-16-21-10-6-8-14-25(21)26)18-24-19-23-13-7-9-15-27(23)28(24)22-11-4-3-5-12-22/h3-15,17,20H,2,16,18-19H2,1H3. The van der Waals surface area contributed by atoms with Crippen LogP contribution in [0.4, 0.5) is 0 Å². The van der Waals surface area contributed by atoms with Crippen molar-refractivity contribution in [2.45, 2.75) is 32.6 Å². The third kappa shape index (κ3) is 2.94. The highest BCUT2D eigenvalue weighted by Crippen LogP contribution is 2.44. The molecule has 0 heteroatoms. The molecule has 3 aromatic carbocycles. The zero-order chi connectivity index (χ0) is 18.9. The fourth-order valence-corrected chi connectivity index (χ4v) is 5.03. The monoisotopic (exact) mass is 362 g/mol. The number of benzene rings is 3. The molecule has 1 unspecified atom stereocenters. The zero-order valence-corrected chi connectivity index (χ0v) is 16.5. The van der Waals surface area contributed by atoms with Crippen LogP contribution < -0.4 is 0 Å². The van der Waals surface area contributed by atoms with Gasteiger partial charge in [-0.2, -0.15) is 0 Å². The summed E-state index contributed by atoms with van der Waals surface area (Å²) in [5.74, 6) is 0.590. The third-order valence-corrected chi connectivity index (χ3v) is 6.40. The van der Waals surface area contributed by atoms with Gasteiger partial charge in [-0.15, -0.1) is 0 Å². The minimum Gasteiger partial charge on any atom is -0.0760 e. The second kappa shape index (κ2) is 7.28. The van der Waals surface area contributed by atoms with E-state index in [0.717, 1.165) is 19.3 Å². The predicted octanol–water partition coefficient (Wildman–Crippen LogP) is 7.10. The molecule has 1 atom stereocenters. The normalized spacial score (nSPS) is 16.0. The van der Waals surface area contributed by atoms with Gasteiger partial charge in [-0.3, -0.25) is 0 Å². The molecule has 2 aliphatic rings. The van der Waals surface area contributed by atoms with Crippen molar-refractivity contribution >= 4 is 11.1 Å². The number of allylic oxidation sites excluding steroid dienone is 3. The number of hydrogen-bond acceptors (Lipinski definition) is 0. The number of hydrogen-bond donors (Lipinski definition) is 0. The van der Waals surface area contributed by atoms with Gasteiger partial charge >= 0.3 is 0 Å². The van der Waals surface area contributed by atoms with Crippen LogP contribution in [0.1, 0.15) is 47.6 Å². The molecule has 0 bridgehead atoms. The Morgan fingerprint density at radius 1 is 0.750 bits per heavy atom. The van der Waals surface area contributed by atoms with Crippen molar-refractivity contribution in [1.82, 2.24) is 0 Å². The largest absolute Gasteiger partial charge is 0.0760 e. The molecule has 0 heterocycles. The Kier molecular flexibility index (Phi) is 4.49. The van der Waals surface area contributed by atoms with Gasteiger partial charge in [0.1, 0.15) is 0 Å². The topological polar surface area (TPSA) is 0 Å². The molecule has 0 amide bonds. The molecule has 0 saturated heterocycles. The van der Waals surface area contributed by atoms with Gasteiger partial charge < -0.3 is 0 Å². The molecule has 0 aliphatic heterocycles. The number of rotatable bonds is 5. The Bertz CT molecular complexity index is 1070.